The Morgan fingerprint density at radius 2 is 2.47 bits per heavy atom. The third-order valence-corrected chi connectivity index (χ3v) is 3.48. The van der Waals surface area contributed by atoms with Crippen molar-refractivity contribution in [2.45, 2.75) is 25.1 Å². The number of pyridine rings is 1. The van der Waals surface area contributed by atoms with Crippen LogP contribution in [-0.2, 0) is 4.74 Å². The van der Waals surface area contributed by atoms with Crippen LogP contribution in [0.4, 0.5) is 5.82 Å². The molecule has 1 aromatic rings. The van der Waals surface area contributed by atoms with Gasteiger partial charge < -0.3 is 15.0 Å². The van der Waals surface area contributed by atoms with Crippen LogP contribution in [0.5, 0.6) is 0 Å². The molecule has 1 saturated heterocycles. The van der Waals surface area contributed by atoms with Gasteiger partial charge >= 0.3 is 0 Å². The normalized spacial score (nSPS) is 27.1. The van der Waals surface area contributed by atoms with Crippen molar-refractivity contribution in [3.8, 4) is 0 Å². The van der Waals surface area contributed by atoms with Gasteiger partial charge in [0.15, 0.2) is 0 Å². The monoisotopic (exact) mass is 233 g/mol. The lowest BCUT2D eigenvalue weighted by atomic mass is 10.2. The molecule has 2 aliphatic heterocycles. The van der Waals surface area contributed by atoms with E-state index >= 15 is 0 Å². The van der Waals surface area contributed by atoms with E-state index in [2.05, 4.69) is 10.3 Å². The predicted molar refractivity (Wildman–Crippen MR) is 62.7 cm³/mol. The lowest BCUT2D eigenvalue weighted by Gasteiger charge is -2.27. The number of hydrogen-bond acceptors (Lipinski definition) is 4. The Morgan fingerprint density at radius 3 is 3.29 bits per heavy atom. The van der Waals surface area contributed by atoms with E-state index < -0.39 is 0 Å². The van der Waals surface area contributed by atoms with Gasteiger partial charge in [0.1, 0.15) is 12.0 Å². The summed E-state index contributed by atoms with van der Waals surface area (Å²) in [4.78, 5) is 18.5. The van der Waals surface area contributed by atoms with Crippen LogP contribution in [0.3, 0.4) is 0 Å². The molecule has 0 spiro atoms. The Morgan fingerprint density at radius 1 is 1.59 bits per heavy atom. The first-order chi connectivity index (χ1) is 8.31. The summed E-state index contributed by atoms with van der Waals surface area (Å²) in [6.07, 6.45) is 3.53. The summed E-state index contributed by atoms with van der Waals surface area (Å²) in [5.41, 5.74) is 0.638. The predicted octanol–water partition coefficient (Wildman–Crippen LogP) is 1.08. The highest BCUT2D eigenvalue weighted by atomic mass is 16.5. The molecule has 5 heteroatoms. The van der Waals surface area contributed by atoms with Gasteiger partial charge in [-0.2, -0.15) is 0 Å². The van der Waals surface area contributed by atoms with Gasteiger partial charge in [-0.25, -0.2) is 4.98 Å². The fourth-order valence-corrected chi connectivity index (χ4v) is 2.65. The zero-order valence-corrected chi connectivity index (χ0v) is 9.72. The van der Waals surface area contributed by atoms with Crippen LogP contribution in [0, 0.1) is 0 Å². The molecule has 0 saturated carbocycles. The van der Waals surface area contributed by atoms with Gasteiger partial charge in [-0.15, -0.1) is 0 Å². The first kappa shape index (κ1) is 10.5. The number of amides is 1. The average Bonchev–Trinajstić information content (AvgIpc) is 2.81. The van der Waals surface area contributed by atoms with Crippen molar-refractivity contribution < 1.29 is 9.53 Å². The van der Waals surface area contributed by atoms with Gasteiger partial charge in [0, 0.05) is 19.9 Å². The van der Waals surface area contributed by atoms with Crippen LogP contribution in [0.15, 0.2) is 18.3 Å². The topological polar surface area (TPSA) is 54.5 Å². The molecule has 90 valence electrons. The second kappa shape index (κ2) is 4.00. The Bertz CT molecular complexity index is 449. The molecule has 0 aromatic carbocycles. The molecule has 0 aliphatic carbocycles. The van der Waals surface area contributed by atoms with Crippen molar-refractivity contribution in [2.24, 2.45) is 0 Å². The zero-order valence-electron chi connectivity index (χ0n) is 9.72. The van der Waals surface area contributed by atoms with E-state index in [0.717, 1.165) is 19.4 Å². The van der Waals surface area contributed by atoms with Gasteiger partial charge in [-0.05, 0) is 25.0 Å². The van der Waals surface area contributed by atoms with E-state index in [-0.39, 0.29) is 18.2 Å². The standard InChI is InChI=1S/C12H15N3O2/c1-17-11-9-5-3-7-15(9)12(16)8-4-2-6-13-10(8)14-11/h2,4,6,9,11H,3,5,7H2,1H3,(H,13,14)/t9-,11+/m0/s1. The van der Waals surface area contributed by atoms with Crippen LogP contribution in [0.1, 0.15) is 23.2 Å². The van der Waals surface area contributed by atoms with Gasteiger partial charge in [0.05, 0.1) is 11.6 Å². The van der Waals surface area contributed by atoms with Crippen molar-refractivity contribution in [3.05, 3.63) is 23.9 Å². The van der Waals surface area contributed by atoms with Crippen molar-refractivity contribution in [1.29, 1.82) is 0 Å². The maximum atomic E-state index is 12.4. The Labute approximate surface area is 99.8 Å². The van der Waals surface area contributed by atoms with Gasteiger partial charge in [-0.3, -0.25) is 4.79 Å². The van der Waals surface area contributed by atoms with E-state index in [4.69, 9.17) is 4.74 Å². The number of hydrogen-bond donors (Lipinski definition) is 1. The fourth-order valence-electron chi connectivity index (χ4n) is 2.65. The molecule has 0 radical (unpaired) electrons. The molecule has 3 rings (SSSR count). The summed E-state index contributed by atoms with van der Waals surface area (Å²) in [5.74, 6) is 0.682. The molecule has 5 nitrogen and oxygen atoms in total. The molecule has 0 bridgehead atoms. The second-order valence-corrected chi connectivity index (χ2v) is 4.41. The van der Waals surface area contributed by atoms with Gasteiger partial charge in [-0.1, -0.05) is 0 Å². The minimum atomic E-state index is -0.169. The van der Waals surface area contributed by atoms with E-state index in [1.165, 1.54) is 0 Å². The highest BCUT2D eigenvalue weighted by Crippen LogP contribution is 2.29. The number of ether oxygens (including phenoxy) is 1. The highest BCUT2D eigenvalue weighted by Gasteiger charge is 2.39. The third-order valence-electron chi connectivity index (χ3n) is 3.48. The number of fused-ring (bicyclic) bond motifs is 2. The molecule has 1 fully saturated rings. The maximum Gasteiger partial charge on any atom is 0.258 e. The van der Waals surface area contributed by atoms with E-state index in [0.29, 0.717) is 11.4 Å². The summed E-state index contributed by atoms with van der Waals surface area (Å²) in [7, 11) is 1.66. The molecule has 1 amide bonds. The first-order valence-corrected chi connectivity index (χ1v) is 5.86. The molecule has 2 aliphatic rings. The first-order valence-electron chi connectivity index (χ1n) is 5.86. The van der Waals surface area contributed by atoms with Crippen molar-refractivity contribution in [2.75, 3.05) is 19.0 Å². The molecule has 3 heterocycles. The van der Waals surface area contributed by atoms with Crippen LogP contribution >= 0.6 is 0 Å². The Kier molecular flexibility index (Phi) is 2.48. The van der Waals surface area contributed by atoms with Crippen molar-refractivity contribution >= 4 is 11.7 Å². The average molecular weight is 233 g/mol. The number of nitrogens with zero attached hydrogens (tertiary/aromatic N) is 2. The summed E-state index contributed by atoms with van der Waals surface area (Å²) < 4.78 is 5.45. The molecule has 1 aromatic heterocycles. The number of rotatable bonds is 1. The highest BCUT2D eigenvalue weighted by molar-refractivity contribution is 5.99. The molecule has 1 N–H and O–H groups in total. The van der Waals surface area contributed by atoms with Crippen LogP contribution in [0.25, 0.3) is 0 Å². The van der Waals surface area contributed by atoms with E-state index in [9.17, 15) is 4.79 Å². The van der Waals surface area contributed by atoms with Crippen LogP contribution < -0.4 is 5.32 Å². The summed E-state index contributed by atoms with van der Waals surface area (Å²) in [5, 5.41) is 3.22. The summed E-state index contributed by atoms with van der Waals surface area (Å²) in [6.45, 7) is 0.805. The lowest BCUT2D eigenvalue weighted by molar-refractivity contribution is 0.0420. The number of carbonyl (C=O) groups is 1. The maximum absolute atomic E-state index is 12.4. The third kappa shape index (κ3) is 1.58. The van der Waals surface area contributed by atoms with Crippen molar-refractivity contribution in [1.82, 2.24) is 9.88 Å². The van der Waals surface area contributed by atoms with Crippen LogP contribution in [-0.4, -0.2) is 41.7 Å². The van der Waals surface area contributed by atoms with Crippen molar-refractivity contribution in [3.63, 3.8) is 0 Å². The Hall–Kier alpha value is -1.62. The lowest BCUT2D eigenvalue weighted by Crippen LogP contribution is -2.44. The SMILES string of the molecule is CO[C@H]1Nc2ncccc2C(=O)N2CCC[C@@H]12. The second-order valence-electron chi connectivity index (χ2n) is 4.41. The summed E-state index contributed by atoms with van der Waals surface area (Å²) >= 11 is 0. The van der Waals surface area contributed by atoms with E-state index in [1.54, 1.807) is 19.4 Å². The number of anilines is 1. The minimum absolute atomic E-state index is 0.0580. The molecular weight excluding hydrogens is 218 g/mol. The van der Waals surface area contributed by atoms with Gasteiger partial charge in [0.2, 0.25) is 0 Å². The number of nitrogens with one attached hydrogen (secondary N) is 1. The molecule has 2 atom stereocenters. The molecule has 0 unspecified atom stereocenters. The number of aromatic nitrogens is 1. The zero-order chi connectivity index (χ0) is 11.8. The summed E-state index contributed by atoms with van der Waals surface area (Å²) in [6, 6.07) is 3.71. The minimum Gasteiger partial charge on any atom is -0.360 e. The smallest absolute Gasteiger partial charge is 0.258 e. The quantitative estimate of drug-likeness (QED) is 0.788. The Balaban J connectivity index is 2.06. The molecule has 17 heavy (non-hydrogen) atoms. The van der Waals surface area contributed by atoms with Crippen LogP contribution in [0.2, 0.25) is 0 Å². The van der Waals surface area contributed by atoms with E-state index in [1.807, 2.05) is 11.0 Å². The molecular formula is C12H15N3O2. The van der Waals surface area contributed by atoms with Gasteiger partial charge in [0.25, 0.3) is 5.91 Å². The number of methoxy groups -OCH3 is 1. The fraction of sp³-hybridized carbons (Fsp3) is 0.500. The number of carbonyl (C=O) groups excluding carboxylic acids is 1. The largest absolute Gasteiger partial charge is 0.360 e.